The summed E-state index contributed by atoms with van der Waals surface area (Å²) in [6.07, 6.45) is -0.615. The normalized spacial score (nSPS) is 12.1. The number of carbonyl (C=O) groups is 2. The number of methoxy groups -OCH3 is 1. The van der Waals surface area contributed by atoms with Crippen molar-refractivity contribution in [3.05, 3.63) is 81.9 Å². The van der Waals surface area contributed by atoms with Gasteiger partial charge in [-0.2, -0.15) is 0 Å². The molecule has 0 saturated heterocycles. The highest BCUT2D eigenvalue weighted by atomic mass is 16.6. The van der Waals surface area contributed by atoms with Crippen molar-refractivity contribution in [2.75, 3.05) is 25.7 Å². The molecule has 3 aromatic carbocycles. The molecule has 0 aliphatic heterocycles. The number of anilines is 1. The second-order valence-electron chi connectivity index (χ2n) is 8.74. The Morgan fingerprint density at radius 1 is 0.914 bits per heavy atom. The molecule has 0 bridgehead atoms. The summed E-state index contributed by atoms with van der Waals surface area (Å²) in [5.41, 5.74) is 6.54. The summed E-state index contributed by atoms with van der Waals surface area (Å²) >= 11 is 0. The van der Waals surface area contributed by atoms with Gasteiger partial charge in [0.2, 0.25) is 0 Å². The zero-order chi connectivity index (χ0) is 25.4. The Bertz CT molecular complexity index is 1270. The Balaban J connectivity index is 1.66. The van der Waals surface area contributed by atoms with Gasteiger partial charge in [-0.15, -0.1) is 0 Å². The lowest BCUT2D eigenvalue weighted by Crippen LogP contribution is -2.39. The summed E-state index contributed by atoms with van der Waals surface area (Å²) in [6, 6.07) is 16.2. The molecule has 180 valence electrons. The third kappa shape index (κ3) is 4.09. The van der Waals surface area contributed by atoms with Crippen LogP contribution in [0.15, 0.2) is 48.5 Å². The Labute approximate surface area is 205 Å². The Hall–Kier alpha value is -3.62. The third-order valence-electron chi connectivity index (χ3n) is 6.86. The van der Waals surface area contributed by atoms with Gasteiger partial charge in [0.05, 0.1) is 18.4 Å². The van der Waals surface area contributed by atoms with E-state index in [1.54, 1.807) is 20.8 Å². The van der Waals surface area contributed by atoms with Gasteiger partial charge >= 0.3 is 19.2 Å². The molecule has 0 atom stereocenters. The van der Waals surface area contributed by atoms with Gasteiger partial charge in [0, 0.05) is 13.0 Å². The fourth-order valence-corrected chi connectivity index (χ4v) is 5.31. The number of esters is 1. The maximum Gasteiger partial charge on any atom is 0.489 e. The predicted molar refractivity (Wildman–Crippen MR) is 135 cm³/mol. The van der Waals surface area contributed by atoms with Crippen molar-refractivity contribution in [2.24, 2.45) is 0 Å². The highest BCUT2D eigenvalue weighted by Crippen LogP contribution is 2.44. The molecule has 4 rings (SSSR count). The molecule has 8 heteroatoms. The van der Waals surface area contributed by atoms with Crippen molar-refractivity contribution >= 4 is 30.3 Å². The number of hydrogen-bond acceptors (Lipinski definition) is 6. The first-order chi connectivity index (χ1) is 16.7. The third-order valence-corrected chi connectivity index (χ3v) is 6.86. The van der Waals surface area contributed by atoms with Crippen LogP contribution in [0.2, 0.25) is 0 Å². The second-order valence-corrected chi connectivity index (χ2v) is 8.74. The van der Waals surface area contributed by atoms with Gasteiger partial charge in [-0.1, -0.05) is 48.5 Å². The number of hydrogen-bond donors (Lipinski definition) is 2. The van der Waals surface area contributed by atoms with Crippen molar-refractivity contribution < 1.29 is 29.1 Å². The smallest absolute Gasteiger partial charge is 0.465 e. The lowest BCUT2D eigenvalue weighted by Gasteiger charge is -2.27. The molecule has 1 aliphatic rings. The van der Waals surface area contributed by atoms with Gasteiger partial charge in [0.15, 0.2) is 0 Å². The van der Waals surface area contributed by atoms with Gasteiger partial charge in [-0.3, -0.25) is 4.90 Å². The second kappa shape index (κ2) is 9.56. The first kappa shape index (κ1) is 24.5. The molecule has 35 heavy (non-hydrogen) atoms. The van der Waals surface area contributed by atoms with Crippen LogP contribution in [-0.4, -0.2) is 50.0 Å². The number of amides is 1. The number of ether oxygens (including phenoxy) is 2. The van der Waals surface area contributed by atoms with E-state index in [0.29, 0.717) is 22.4 Å². The number of fused-ring (bicyclic) bond motifs is 3. The van der Waals surface area contributed by atoms with Crippen LogP contribution in [0.3, 0.4) is 0 Å². The molecule has 3 aromatic rings. The lowest BCUT2D eigenvalue weighted by molar-refractivity contribution is 0.0599. The van der Waals surface area contributed by atoms with E-state index in [9.17, 15) is 19.6 Å². The van der Waals surface area contributed by atoms with Gasteiger partial charge in [0.1, 0.15) is 6.61 Å². The molecule has 0 fully saturated rings. The van der Waals surface area contributed by atoms with E-state index in [1.165, 1.54) is 19.1 Å². The lowest BCUT2D eigenvalue weighted by atomic mass is 9.71. The van der Waals surface area contributed by atoms with Gasteiger partial charge in [0.25, 0.3) is 0 Å². The number of benzene rings is 3. The van der Waals surface area contributed by atoms with Gasteiger partial charge in [-0.25, -0.2) is 9.59 Å². The zero-order valence-corrected chi connectivity index (χ0v) is 20.5. The van der Waals surface area contributed by atoms with E-state index >= 15 is 0 Å². The monoisotopic (exact) mass is 473 g/mol. The molecule has 0 spiro atoms. The van der Waals surface area contributed by atoms with Crippen LogP contribution in [0.1, 0.15) is 44.1 Å². The van der Waals surface area contributed by atoms with E-state index in [0.717, 1.165) is 22.3 Å². The summed E-state index contributed by atoms with van der Waals surface area (Å²) in [7, 11) is 0.970. The minimum Gasteiger partial charge on any atom is -0.465 e. The van der Waals surface area contributed by atoms with Gasteiger partial charge in [-0.05, 0) is 65.2 Å². The minimum atomic E-state index is -1.83. The minimum absolute atomic E-state index is 0.0968. The van der Waals surface area contributed by atoms with Crippen LogP contribution in [0.4, 0.5) is 10.5 Å². The molecule has 0 radical (unpaired) electrons. The van der Waals surface area contributed by atoms with Crippen LogP contribution in [0.25, 0.3) is 11.1 Å². The van der Waals surface area contributed by atoms with Crippen molar-refractivity contribution in [3.63, 3.8) is 0 Å². The highest BCUT2D eigenvalue weighted by Gasteiger charge is 2.32. The summed E-state index contributed by atoms with van der Waals surface area (Å²) in [6.45, 7) is 5.14. The topological polar surface area (TPSA) is 96.3 Å². The average Bonchev–Trinajstić information content (AvgIpc) is 3.15. The van der Waals surface area contributed by atoms with Gasteiger partial charge < -0.3 is 19.5 Å². The highest BCUT2D eigenvalue weighted by molar-refractivity contribution is 6.60. The molecule has 0 aromatic heterocycles. The summed E-state index contributed by atoms with van der Waals surface area (Å²) < 4.78 is 10.7. The number of nitrogens with zero attached hydrogens (tertiary/aromatic N) is 1. The fourth-order valence-electron chi connectivity index (χ4n) is 5.31. The van der Waals surface area contributed by atoms with E-state index in [-0.39, 0.29) is 23.6 Å². The summed E-state index contributed by atoms with van der Waals surface area (Å²) in [5, 5.41) is 20.0. The van der Waals surface area contributed by atoms with E-state index in [2.05, 4.69) is 12.1 Å². The Kier molecular flexibility index (Phi) is 6.69. The molecular formula is C27H28BNO6. The molecular weight excluding hydrogens is 445 g/mol. The van der Waals surface area contributed by atoms with Crippen molar-refractivity contribution in [3.8, 4) is 11.1 Å². The number of carbonyl (C=O) groups excluding carboxylic acids is 2. The first-order valence-electron chi connectivity index (χ1n) is 11.4. The van der Waals surface area contributed by atoms with Crippen molar-refractivity contribution in [1.29, 1.82) is 0 Å². The first-order valence-corrected chi connectivity index (χ1v) is 11.4. The van der Waals surface area contributed by atoms with Crippen LogP contribution < -0.4 is 10.4 Å². The van der Waals surface area contributed by atoms with Crippen LogP contribution in [0.5, 0.6) is 0 Å². The largest absolute Gasteiger partial charge is 0.489 e. The molecule has 1 amide bonds. The van der Waals surface area contributed by atoms with Crippen LogP contribution in [0, 0.1) is 20.8 Å². The molecule has 0 unspecified atom stereocenters. The maximum atomic E-state index is 13.2. The summed E-state index contributed by atoms with van der Waals surface area (Å²) in [4.78, 5) is 27.0. The Morgan fingerprint density at radius 3 is 1.97 bits per heavy atom. The predicted octanol–water partition coefficient (Wildman–Crippen LogP) is 3.46. The molecule has 0 heterocycles. The van der Waals surface area contributed by atoms with Crippen molar-refractivity contribution in [1.82, 2.24) is 0 Å². The quantitative estimate of drug-likeness (QED) is 0.435. The summed E-state index contributed by atoms with van der Waals surface area (Å²) in [5.74, 6) is -0.718. The number of rotatable bonds is 5. The van der Waals surface area contributed by atoms with E-state index in [4.69, 9.17) is 9.47 Å². The van der Waals surface area contributed by atoms with E-state index in [1.807, 2.05) is 36.4 Å². The van der Waals surface area contributed by atoms with Crippen molar-refractivity contribution in [2.45, 2.75) is 26.7 Å². The average molecular weight is 473 g/mol. The van der Waals surface area contributed by atoms with E-state index < -0.39 is 19.2 Å². The molecule has 0 saturated carbocycles. The standard InChI is InChI=1S/C27H28BNO6/c1-15-23(26(30)34-5)16(2)25(17(3)24(15)28(32)33)29(4)27(31)35-14-22-20-12-8-6-10-18(20)19-11-7-9-13-21(19)22/h6-13,22,32-33H,14H2,1-5H3. The fraction of sp³-hybridized carbons (Fsp3) is 0.259. The zero-order valence-electron chi connectivity index (χ0n) is 20.5. The SMILES string of the molecule is COC(=O)c1c(C)c(B(O)O)c(C)c(N(C)C(=O)OCC2c3ccccc3-c3ccccc32)c1C. The molecule has 2 N–H and O–H groups in total. The van der Waals surface area contributed by atoms with Crippen LogP contribution >= 0.6 is 0 Å². The maximum absolute atomic E-state index is 13.2. The van der Waals surface area contributed by atoms with Crippen LogP contribution in [-0.2, 0) is 9.47 Å². The Morgan fingerprint density at radius 2 is 1.46 bits per heavy atom. The molecule has 1 aliphatic carbocycles. The molecule has 7 nitrogen and oxygen atoms in total.